The van der Waals surface area contributed by atoms with Crippen LogP contribution in [0.5, 0.6) is 5.75 Å². The summed E-state index contributed by atoms with van der Waals surface area (Å²) in [6.45, 7) is 2.00. The third-order valence-corrected chi connectivity index (χ3v) is 8.08. The average Bonchev–Trinajstić information content (AvgIpc) is 3.51. The number of fused-ring (bicyclic) bond motifs is 2. The fraction of sp³-hybridized carbons (Fsp3) is 0.147. The van der Waals surface area contributed by atoms with Crippen LogP contribution in [0.2, 0.25) is 0 Å². The van der Waals surface area contributed by atoms with E-state index in [0.717, 1.165) is 38.9 Å². The summed E-state index contributed by atoms with van der Waals surface area (Å²) < 4.78 is 49.2. The second-order valence-corrected chi connectivity index (χ2v) is 11.7. The summed E-state index contributed by atoms with van der Waals surface area (Å²) in [5.74, 6) is 1.18. The lowest BCUT2D eigenvalue weighted by Gasteiger charge is -2.20. The van der Waals surface area contributed by atoms with Gasteiger partial charge < -0.3 is 18.6 Å². The van der Waals surface area contributed by atoms with Crippen molar-refractivity contribution in [2.24, 2.45) is 7.05 Å². The fourth-order valence-electron chi connectivity index (χ4n) is 5.12. The molecule has 6 rings (SSSR count). The molecule has 1 aliphatic heterocycles. The fourth-order valence-corrected chi connectivity index (χ4v) is 5.52. The lowest BCUT2D eigenvalue weighted by Crippen LogP contribution is -2.29. The first-order chi connectivity index (χ1) is 20.3. The number of allylic oxidation sites excluding steroid dienone is 2. The topological polar surface area (TPSA) is 86.7 Å². The van der Waals surface area contributed by atoms with Crippen molar-refractivity contribution in [2.75, 3.05) is 17.2 Å². The van der Waals surface area contributed by atoms with Crippen molar-refractivity contribution in [1.29, 1.82) is 0 Å². The molecule has 2 heterocycles. The van der Waals surface area contributed by atoms with Crippen LogP contribution >= 0.6 is 0 Å². The van der Waals surface area contributed by atoms with Gasteiger partial charge in [0.25, 0.3) is 5.52 Å². The third kappa shape index (κ3) is 5.72. The van der Waals surface area contributed by atoms with Gasteiger partial charge in [-0.15, -0.1) is 0 Å². The van der Waals surface area contributed by atoms with Crippen LogP contribution in [-0.2, 0) is 17.2 Å². The number of anilines is 1. The minimum Gasteiger partial charge on any atom is -0.748 e. The molecule has 0 unspecified atom stereocenters. The number of ether oxygens (including phenoxy) is 1. The van der Waals surface area contributed by atoms with Gasteiger partial charge in [-0.3, -0.25) is 0 Å². The van der Waals surface area contributed by atoms with Gasteiger partial charge in [-0.1, -0.05) is 79.7 Å². The van der Waals surface area contributed by atoms with Crippen LogP contribution in [0.15, 0.2) is 119 Å². The Balaban J connectivity index is 1.36. The predicted molar refractivity (Wildman–Crippen MR) is 164 cm³/mol. The van der Waals surface area contributed by atoms with Crippen LogP contribution in [0.4, 0.5) is 5.69 Å². The van der Waals surface area contributed by atoms with E-state index in [1.165, 1.54) is 0 Å². The molecule has 7 nitrogen and oxygen atoms in total. The van der Waals surface area contributed by atoms with E-state index in [4.69, 9.17) is 9.15 Å². The van der Waals surface area contributed by atoms with Crippen LogP contribution in [0.25, 0.3) is 39.4 Å². The highest BCUT2D eigenvalue weighted by Gasteiger charge is 2.28. The molecule has 0 aliphatic carbocycles. The minimum atomic E-state index is -4.43. The number of hydrogen-bond acceptors (Lipinski definition) is 6. The Bertz CT molecular complexity index is 1930. The molecule has 0 fully saturated rings. The van der Waals surface area contributed by atoms with E-state index in [1.807, 2.05) is 110 Å². The molecule has 42 heavy (non-hydrogen) atoms. The van der Waals surface area contributed by atoms with Crippen LogP contribution in [-0.4, -0.2) is 25.3 Å². The van der Waals surface area contributed by atoms with E-state index in [1.54, 1.807) is 4.90 Å². The Labute approximate surface area is 245 Å². The van der Waals surface area contributed by atoms with Crippen molar-refractivity contribution in [2.45, 2.75) is 13.3 Å². The molecule has 0 atom stereocenters. The number of nitrogens with zero attached hydrogens (tertiary/aromatic N) is 2. The van der Waals surface area contributed by atoms with Gasteiger partial charge in [0.2, 0.25) is 11.5 Å². The van der Waals surface area contributed by atoms with E-state index < -0.39 is 15.9 Å². The first kappa shape index (κ1) is 27.5. The highest BCUT2D eigenvalue weighted by atomic mass is 32.2. The van der Waals surface area contributed by atoms with Gasteiger partial charge in [0.15, 0.2) is 5.75 Å². The maximum absolute atomic E-state index is 11.6. The Morgan fingerprint density at radius 1 is 0.881 bits per heavy atom. The van der Waals surface area contributed by atoms with Crippen molar-refractivity contribution in [1.82, 2.24) is 0 Å². The molecule has 8 heteroatoms. The Morgan fingerprint density at radius 2 is 1.52 bits per heavy atom. The Hall–Kier alpha value is -4.66. The monoisotopic (exact) mass is 578 g/mol. The van der Waals surface area contributed by atoms with Gasteiger partial charge in [-0.25, -0.2) is 8.42 Å². The normalized spacial score (nSPS) is 14.4. The standard InChI is InChI=1S/C34H30N2O5S/c1-3-24(20-33-35(2)29-22-27(14-16-31(29)40-33)25-10-6-4-7-11-25)21-34-36(18-19-42(37,38)39)30-23-28(15-17-32(30)41-34)26-12-8-5-9-13-26/h4-17,20-23H,3,18-19H2,1-2H3. The zero-order valence-corrected chi connectivity index (χ0v) is 24.2. The summed E-state index contributed by atoms with van der Waals surface area (Å²) in [6.07, 6.45) is 4.50. The first-order valence-corrected chi connectivity index (χ1v) is 15.4. The molecular formula is C34H30N2O5S. The summed E-state index contributed by atoms with van der Waals surface area (Å²) >= 11 is 0. The number of hydrogen-bond donors (Lipinski definition) is 0. The van der Waals surface area contributed by atoms with E-state index in [0.29, 0.717) is 29.6 Å². The van der Waals surface area contributed by atoms with E-state index in [9.17, 15) is 13.0 Å². The Kier molecular flexibility index (Phi) is 7.41. The average molecular weight is 579 g/mol. The zero-order chi connectivity index (χ0) is 29.3. The highest BCUT2D eigenvalue weighted by molar-refractivity contribution is 7.85. The van der Waals surface area contributed by atoms with Crippen molar-refractivity contribution < 1.29 is 26.7 Å². The number of aryl methyl sites for hydroxylation is 1. The lowest BCUT2D eigenvalue weighted by atomic mass is 10.0. The Morgan fingerprint density at radius 3 is 2.17 bits per heavy atom. The zero-order valence-electron chi connectivity index (χ0n) is 23.4. The summed E-state index contributed by atoms with van der Waals surface area (Å²) in [4.78, 5) is 1.76. The summed E-state index contributed by atoms with van der Waals surface area (Å²) in [5.41, 5.74) is 7.57. The van der Waals surface area contributed by atoms with Gasteiger partial charge in [0.05, 0.1) is 27.6 Å². The number of benzene rings is 4. The molecule has 0 bridgehead atoms. The molecule has 4 aromatic carbocycles. The summed E-state index contributed by atoms with van der Waals surface area (Å²) in [5, 5.41) is 0. The molecular weight excluding hydrogens is 548 g/mol. The highest BCUT2D eigenvalue weighted by Crippen LogP contribution is 2.42. The van der Waals surface area contributed by atoms with Gasteiger partial charge in [0.1, 0.15) is 7.05 Å². The minimum absolute atomic E-state index is 0.0272. The molecule has 0 saturated carbocycles. The molecule has 0 N–H and O–H groups in total. The van der Waals surface area contributed by atoms with Gasteiger partial charge in [0, 0.05) is 18.7 Å². The third-order valence-electron chi connectivity index (χ3n) is 7.40. The molecule has 0 amide bonds. The number of aromatic nitrogens is 1. The molecule has 5 aromatic rings. The summed E-state index contributed by atoms with van der Waals surface area (Å²) in [7, 11) is -2.47. The van der Waals surface area contributed by atoms with E-state index >= 15 is 0 Å². The van der Waals surface area contributed by atoms with Crippen molar-refractivity contribution >= 4 is 33.0 Å². The molecule has 0 spiro atoms. The maximum Gasteiger partial charge on any atom is 0.374 e. The smallest absolute Gasteiger partial charge is 0.374 e. The SMILES string of the molecule is CCC(/C=C1\Oc2ccc(-c3ccccc3)cc2N1CCS(=O)(=O)[O-])=C\c1oc2ccc(-c3ccccc3)cc2[n+]1C. The van der Waals surface area contributed by atoms with Gasteiger partial charge in [-0.05, 0) is 52.4 Å². The van der Waals surface area contributed by atoms with Crippen molar-refractivity contribution in [3.8, 4) is 28.0 Å². The van der Waals surface area contributed by atoms with Crippen molar-refractivity contribution in [3.05, 3.63) is 120 Å². The quantitative estimate of drug-likeness (QED) is 0.151. The maximum atomic E-state index is 11.6. The second kappa shape index (κ2) is 11.3. The molecule has 1 aromatic heterocycles. The van der Waals surface area contributed by atoms with Gasteiger partial charge in [-0.2, -0.15) is 4.57 Å². The molecule has 0 saturated heterocycles. The molecule has 212 valence electrons. The van der Waals surface area contributed by atoms with Crippen LogP contribution in [0, 0.1) is 0 Å². The van der Waals surface area contributed by atoms with Gasteiger partial charge >= 0.3 is 5.89 Å². The van der Waals surface area contributed by atoms with E-state index in [-0.39, 0.29) is 6.54 Å². The van der Waals surface area contributed by atoms with Crippen LogP contribution in [0.3, 0.4) is 0 Å². The van der Waals surface area contributed by atoms with Crippen LogP contribution in [0.1, 0.15) is 19.2 Å². The molecule has 1 aliphatic rings. The lowest BCUT2D eigenvalue weighted by molar-refractivity contribution is -0.652. The molecule has 0 radical (unpaired) electrons. The number of oxazole rings is 1. The first-order valence-electron chi connectivity index (χ1n) is 13.8. The largest absolute Gasteiger partial charge is 0.748 e. The summed E-state index contributed by atoms with van der Waals surface area (Å²) in [6, 6.07) is 32.0. The second-order valence-electron chi connectivity index (χ2n) is 10.2. The van der Waals surface area contributed by atoms with Crippen LogP contribution < -0.4 is 14.2 Å². The van der Waals surface area contributed by atoms with Crippen molar-refractivity contribution in [3.63, 3.8) is 0 Å². The van der Waals surface area contributed by atoms with E-state index in [2.05, 4.69) is 18.2 Å². The number of rotatable bonds is 8. The predicted octanol–water partition coefficient (Wildman–Crippen LogP) is 6.67.